The van der Waals surface area contributed by atoms with Crippen LogP contribution in [0.4, 0.5) is 16.5 Å². The second-order valence-corrected chi connectivity index (χ2v) is 8.65. The molecule has 0 aliphatic heterocycles. The molecule has 0 fully saturated rings. The number of carbonyl (C=O) groups is 1. The van der Waals surface area contributed by atoms with Gasteiger partial charge in [-0.25, -0.2) is 0 Å². The van der Waals surface area contributed by atoms with Crippen molar-refractivity contribution in [2.45, 2.75) is 16.5 Å². The SMILES string of the molecule is C[C@H](Sc1nnc(Nc2ccccc2)s1)C(=O)Nc1cc(Cl)ccc1Cl. The molecule has 3 aromatic rings. The number of thioether (sulfide) groups is 1. The van der Waals surface area contributed by atoms with Crippen molar-refractivity contribution in [1.29, 1.82) is 0 Å². The highest BCUT2D eigenvalue weighted by Crippen LogP contribution is 2.32. The summed E-state index contributed by atoms with van der Waals surface area (Å²) < 4.78 is 0.697. The van der Waals surface area contributed by atoms with Crippen LogP contribution >= 0.6 is 46.3 Å². The van der Waals surface area contributed by atoms with Crippen molar-refractivity contribution in [2.75, 3.05) is 10.6 Å². The number of amides is 1. The fraction of sp³-hybridized carbons (Fsp3) is 0.118. The molecule has 0 spiro atoms. The average molecular weight is 425 g/mol. The number of halogens is 2. The first kappa shape index (κ1) is 19.0. The Labute approximate surface area is 169 Å². The maximum atomic E-state index is 12.4. The molecule has 1 heterocycles. The second kappa shape index (κ2) is 8.73. The minimum Gasteiger partial charge on any atom is -0.330 e. The molecule has 0 saturated heterocycles. The lowest BCUT2D eigenvalue weighted by Gasteiger charge is -2.11. The topological polar surface area (TPSA) is 66.9 Å². The number of aromatic nitrogens is 2. The summed E-state index contributed by atoms with van der Waals surface area (Å²) >= 11 is 14.7. The molecule has 9 heteroatoms. The molecule has 0 radical (unpaired) electrons. The summed E-state index contributed by atoms with van der Waals surface area (Å²) in [5, 5.41) is 15.4. The summed E-state index contributed by atoms with van der Waals surface area (Å²) in [5.41, 5.74) is 1.42. The third-order valence-electron chi connectivity index (χ3n) is 3.26. The van der Waals surface area contributed by atoms with Crippen LogP contribution in [0.3, 0.4) is 0 Å². The molecule has 0 aliphatic rings. The molecular formula is C17H14Cl2N4OS2. The van der Waals surface area contributed by atoms with Crippen molar-refractivity contribution in [1.82, 2.24) is 10.2 Å². The lowest BCUT2D eigenvalue weighted by atomic mass is 10.3. The molecule has 3 rings (SSSR count). The zero-order chi connectivity index (χ0) is 18.5. The van der Waals surface area contributed by atoms with E-state index in [2.05, 4.69) is 20.8 Å². The predicted molar refractivity (Wildman–Crippen MR) is 110 cm³/mol. The first-order chi connectivity index (χ1) is 12.5. The number of benzene rings is 2. The van der Waals surface area contributed by atoms with Crippen LogP contribution in [0.1, 0.15) is 6.92 Å². The third kappa shape index (κ3) is 5.11. The molecule has 134 valence electrons. The van der Waals surface area contributed by atoms with Crippen LogP contribution in [-0.2, 0) is 4.79 Å². The summed E-state index contributed by atoms with van der Waals surface area (Å²) in [6, 6.07) is 14.6. The van der Waals surface area contributed by atoms with E-state index < -0.39 is 0 Å². The van der Waals surface area contributed by atoms with Gasteiger partial charge in [0.25, 0.3) is 0 Å². The lowest BCUT2D eigenvalue weighted by Crippen LogP contribution is -2.22. The maximum Gasteiger partial charge on any atom is 0.237 e. The van der Waals surface area contributed by atoms with Crippen LogP contribution in [0.2, 0.25) is 10.0 Å². The van der Waals surface area contributed by atoms with Crippen molar-refractivity contribution in [2.24, 2.45) is 0 Å². The van der Waals surface area contributed by atoms with Gasteiger partial charge in [-0.15, -0.1) is 10.2 Å². The molecule has 1 atom stereocenters. The number of hydrogen-bond acceptors (Lipinski definition) is 6. The number of para-hydroxylation sites is 1. The van der Waals surface area contributed by atoms with Crippen molar-refractivity contribution >= 4 is 68.7 Å². The van der Waals surface area contributed by atoms with Gasteiger partial charge in [-0.2, -0.15) is 0 Å². The summed E-state index contributed by atoms with van der Waals surface area (Å²) in [6.45, 7) is 1.80. The van der Waals surface area contributed by atoms with Gasteiger partial charge >= 0.3 is 0 Å². The Morgan fingerprint density at radius 3 is 2.69 bits per heavy atom. The monoisotopic (exact) mass is 424 g/mol. The van der Waals surface area contributed by atoms with E-state index >= 15 is 0 Å². The molecule has 2 N–H and O–H groups in total. The molecule has 1 amide bonds. The van der Waals surface area contributed by atoms with Gasteiger partial charge in [0.1, 0.15) is 0 Å². The number of rotatable bonds is 6. The van der Waals surface area contributed by atoms with E-state index in [-0.39, 0.29) is 11.2 Å². The lowest BCUT2D eigenvalue weighted by molar-refractivity contribution is -0.115. The van der Waals surface area contributed by atoms with Crippen molar-refractivity contribution < 1.29 is 4.79 Å². The van der Waals surface area contributed by atoms with Crippen LogP contribution in [0, 0.1) is 0 Å². The first-order valence-electron chi connectivity index (χ1n) is 7.59. The second-order valence-electron chi connectivity index (χ2n) is 5.24. The Hall–Kier alpha value is -1.80. The van der Waals surface area contributed by atoms with Crippen molar-refractivity contribution in [3.63, 3.8) is 0 Å². The highest BCUT2D eigenvalue weighted by atomic mass is 35.5. The van der Waals surface area contributed by atoms with Crippen LogP contribution in [0.25, 0.3) is 0 Å². The van der Waals surface area contributed by atoms with Gasteiger partial charge < -0.3 is 10.6 Å². The fourth-order valence-electron chi connectivity index (χ4n) is 1.99. The highest BCUT2D eigenvalue weighted by molar-refractivity contribution is 8.02. The van der Waals surface area contributed by atoms with E-state index in [0.29, 0.717) is 25.2 Å². The quantitative estimate of drug-likeness (QED) is 0.496. The first-order valence-corrected chi connectivity index (χ1v) is 10.0. The summed E-state index contributed by atoms with van der Waals surface area (Å²) in [7, 11) is 0. The Balaban J connectivity index is 1.60. The minimum absolute atomic E-state index is 0.188. The number of carbonyl (C=O) groups excluding carboxylic acids is 1. The molecular weight excluding hydrogens is 411 g/mol. The van der Waals surface area contributed by atoms with Crippen LogP contribution in [0.15, 0.2) is 52.9 Å². The smallest absolute Gasteiger partial charge is 0.237 e. The van der Waals surface area contributed by atoms with Gasteiger partial charge in [0.05, 0.1) is 16.0 Å². The molecule has 0 aliphatic carbocycles. The van der Waals surface area contributed by atoms with Gasteiger partial charge in [-0.3, -0.25) is 4.79 Å². The highest BCUT2D eigenvalue weighted by Gasteiger charge is 2.18. The third-order valence-corrected chi connectivity index (χ3v) is 5.85. The number of nitrogens with one attached hydrogen (secondary N) is 2. The van der Waals surface area contributed by atoms with Gasteiger partial charge in [0.15, 0.2) is 4.34 Å². The van der Waals surface area contributed by atoms with Crippen LogP contribution < -0.4 is 10.6 Å². The summed E-state index contributed by atoms with van der Waals surface area (Å²) in [6.07, 6.45) is 0. The van der Waals surface area contributed by atoms with Gasteiger partial charge in [-0.1, -0.05) is 64.5 Å². The Bertz CT molecular complexity index is 905. The zero-order valence-corrected chi connectivity index (χ0v) is 16.7. The van der Waals surface area contributed by atoms with Gasteiger partial charge in [-0.05, 0) is 37.3 Å². The van der Waals surface area contributed by atoms with E-state index in [1.165, 1.54) is 23.1 Å². The molecule has 2 aromatic carbocycles. The summed E-state index contributed by atoms with van der Waals surface area (Å²) in [5.74, 6) is -0.188. The normalized spacial score (nSPS) is 11.8. The van der Waals surface area contributed by atoms with Gasteiger partial charge in [0, 0.05) is 10.7 Å². The Morgan fingerprint density at radius 2 is 1.92 bits per heavy atom. The van der Waals surface area contributed by atoms with Gasteiger partial charge in [0.2, 0.25) is 11.0 Å². The molecule has 1 aromatic heterocycles. The molecule has 5 nitrogen and oxygen atoms in total. The minimum atomic E-state index is -0.373. The van der Waals surface area contributed by atoms with Crippen LogP contribution in [-0.4, -0.2) is 21.4 Å². The summed E-state index contributed by atoms with van der Waals surface area (Å²) in [4.78, 5) is 12.4. The van der Waals surface area contributed by atoms with E-state index in [1.807, 2.05) is 30.3 Å². The van der Waals surface area contributed by atoms with E-state index in [1.54, 1.807) is 25.1 Å². The largest absolute Gasteiger partial charge is 0.330 e. The standard InChI is InChI=1S/C17H14Cl2N4OS2/c1-10(15(24)21-14-9-11(18)7-8-13(14)19)25-17-23-22-16(26-17)20-12-5-3-2-4-6-12/h2-10H,1H3,(H,20,22)(H,21,24)/t10-/m0/s1. The Kier molecular flexibility index (Phi) is 6.37. The number of anilines is 3. The van der Waals surface area contributed by atoms with Crippen LogP contribution in [0.5, 0.6) is 0 Å². The van der Waals surface area contributed by atoms with E-state index in [0.717, 1.165) is 5.69 Å². The van der Waals surface area contributed by atoms with Crippen molar-refractivity contribution in [3.8, 4) is 0 Å². The molecule has 26 heavy (non-hydrogen) atoms. The predicted octanol–water partition coefficient (Wildman–Crippen LogP) is 5.71. The van der Waals surface area contributed by atoms with E-state index in [4.69, 9.17) is 23.2 Å². The Morgan fingerprint density at radius 1 is 1.15 bits per heavy atom. The number of hydrogen-bond donors (Lipinski definition) is 2. The maximum absolute atomic E-state index is 12.4. The zero-order valence-electron chi connectivity index (χ0n) is 13.6. The molecule has 0 saturated carbocycles. The fourth-order valence-corrected chi connectivity index (χ4v) is 4.24. The van der Waals surface area contributed by atoms with E-state index in [9.17, 15) is 4.79 Å². The van der Waals surface area contributed by atoms with Crippen molar-refractivity contribution in [3.05, 3.63) is 58.6 Å². The molecule has 0 unspecified atom stereocenters. The molecule has 0 bridgehead atoms. The average Bonchev–Trinajstić information content (AvgIpc) is 3.05. The number of nitrogens with zero attached hydrogens (tertiary/aromatic N) is 2.